The van der Waals surface area contributed by atoms with E-state index in [1.165, 1.54) is 78.6 Å². The van der Waals surface area contributed by atoms with Gasteiger partial charge in [0.15, 0.2) is 0 Å². The zero-order valence-electron chi connectivity index (χ0n) is 24.0. The third-order valence-electron chi connectivity index (χ3n) is 8.62. The highest BCUT2D eigenvalue weighted by atomic mass is 15.1. The number of likely N-dealkylation sites (tertiary alicyclic amines) is 1. The zero-order valence-corrected chi connectivity index (χ0v) is 24.0. The molecule has 200 valence electrons. The number of nitrogens with one attached hydrogen (secondary N) is 1. The summed E-state index contributed by atoms with van der Waals surface area (Å²) in [5.74, 6) is 0.469. The number of hydrogen-bond acceptors (Lipinski definition) is 2. The fraction of sp³-hybridized carbons (Fsp3) is 0.543. The van der Waals surface area contributed by atoms with E-state index >= 15 is 0 Å². The molecule has 0 saturated carbocycles. The molecule has 0 radical (unpaired) electrons. The summed E-state index contributed by atoms with van der Waals surface area (Å²) in [6.07, 6.45) is 10.8. The average Bonchev–Trinajstić information content (AvgIpc) is 2.88. The topological polar surface area (TPSA) is 15.3 Å². The smallest absolute Gasteiger partial charge is 0.0380 e. The fourth-order valence-electron chi connectivity index (χ4n) is 6.72. The van der Waals surface area contributed by atoms with Gasteiger partial charge in [-0.05, 0) is 59.8 Å². The number of unbranched alkanes of at least 4 members (excludes halogenated alkanes) is 3. The highest BCUT2D eigenvalue weighted by molar-refractivity contribution is 5.54. The molecule has 2 aromatic carbocycles. The van der Waals surface area contributed by atoms with Crippen molar-refractivity contribution in [2.24, 2.45) is 11.3 Å². The molecule has 0 unspecified atom stereocenters. The van der Waals surface area contributed by atoms with Crippen molar-refractivity contribution in [2.75, 3.05) is 19.6 Å². The molecule has 1 heterocycles. The van der Waals surface area contributed by atoms with Gasteiger partial charge in [-0.25, -0.2) is 0 Å². The van der Waals surface area contributed by atoms with Crippen molar-refractivity contribution in [3.63, 3.8) is 0 Å². The molecule has 1 fully saturated rings. The van der Waals surface area contributed by atoms with Crippen LogP contribution >= 0.6 is 0 Å². The lowest BCUT2D eigenvalue weighted by Crippen LogP contribution is -2.44. The molecule has 0 bridgehead atoms. The van der Waals surface area contributed by atoms with Gasteiger partial charge in [-0.3, -0.25) is 0 Å². The summed E-state index contributed by atoms with van der Waals surface area (Å²) in [5, 5.41) is 3.94. The lowest BCUT2D eigenvalue weighted by Gasteiger charge is -2.43. The molecule has 37 heavy (non-hydrogen) atoms. The summed E-state index contributed by atoms with van der Waals surface area (Å²) in [5.41, 5.74) is 8.79. The van der Waals surface area contributed by atoms with Crippen LogP contribution in [0.2, 0.25) is 0 Å². The van der Waals surface area contributed by atoms with Crippen molar-refractivity contribution >= 4 is 0 Å². The number of nitrogens with zero attached hydrogens (tertiary/aromatic N) is 1. The summed E-state index contributed by atoms with van der Waals surface area (Å²) in [4.78, 5) is 2.53. The van der Waals surface area contributed by atoms with E-state index in [0.29, 0.717) is 5.92 Å². The second-order valence-electron chi connectivity index (χ2n) is 12.9. The number of rotatable bonds is 11. The van der Waals surface area contributed by atoms with E-state index in [1.54, 1.807) is 0 Å². The van der Waals surface area contributed by atoms with Crippen molar-refractivity contribution in [1.29, 1.82) is 0 Å². The predicted molar refractivity (Wildman–Crippen MR) is 160 cm³/mol. The van der Waals surface area contributed by atoms with Crippen LogP contribution in [0.1, 0.15) is 101 Å². The SMILES string of the molecule is C=C(NCC1(CCCCCC)c2ccccc2Cc2ccccc21)[C@H]1CCCN(C(=C)CC(C)(C)C)C1. The average molecular weight is 499 g/mol. The van der Waals surface area contributed by atoms with Gasteiger partial charge in [0, 0.05) is 42.4 Å². The second kappa shape index (κ2) is 11.9. The number of allylic oxidation sites excluding steroid dienone is 1. The van der Waals surface area contributed by atoms with E-state index in [9.17, 15) is 0 Å². The minimum absolute atomic E-state index is 0.00763. The molecular weight excluding hydrogens is 448 g/mol. The predicted octanol–water partition coefficient (Wildman–Crippen LogP) is 8.61. The van der Waals surface area contributed by atoms with Crippen molar-refractivity contribution in [2.45, 2.75) is 90.9 Å². The van der Waals surface area contributed by atoms with Crippen LogP contribution in [-0.2, 0) is 11.8 Å². The quantitative estimate of drug-likeness (QED) is 0.312. The van der Waals surface area contributed by atoms with Crippen LogP contribution in [0.5, 0.6) is 0 Å². The zero-order chi connectivity index (χ0) is 26.5. The molecule has 0 aromatic heterocycles. The first-order chi connectivity index (χ1) is 17.7. The maximum Gasteiger partial charge on any atom is 0.0380 e. The van der Waals surface area contributed by atoms with Gasteiger partial charge in [0.25, 0.3) is 0 Å². The molecule has 2 aliphatic rings. The first kappa shape index (κ1) is 27.6. The minimum atomic E-state index is -0.00763. The van der Waals surface area contributed by atoms with Crippen LogP contribution in [0.4, 0.5) is 0 Å². The lowest BCUT2D eigenvalue weighted by molar-refractivity contribution is 0.211. The molecule has 2 aromatic rings. The molecule has 4 rings (SSSR count). The minimum Gasteiger partial charge on any atom is -0.387 e. The Hall–Kier alpha value is -2.48. The van der Waals surface area contributed by atoms with E-state index < -0.39 is 0 Å². The van der Waals surface area contributed by atoms with Crippen LogP contribution in [0.3, 0.4) is 0 Å². The summed E-state index contributed by atoms with van der Waals surface area (Å²) in [6.45, 7) is 21.4. The molecule has 1 saturated heterocycles. The summed E-state index contributed by atoms with van der Waals surface area (Å²) in [6, 6.07) is 18.4. The Labute approximate surface area is 227 Å². The standard InChI is InChI=1S/C35H50N2/c1-7-8-9-14-21-35(32-19-12-10-16-29(32)23-30-17-11-13-20-33(30)35)26-36-28(3)31-18-15-22-37(25-31)27(2)24-34(4,5)6/h10-13,16-17,19-20,31,36H,2-3,7-9,14-15,18,21-26H2,1,4-6H3/t31-/m0/s1. The molecule has 1 atom stereocenters. The normalized spacial score (nSPS) is 18.6. The Kier molecular flexibility index (Phi) is 8.88. The van der Waals surface area contributed by atoms with E-state index in [2.05, 4.69) is 99.6 Å². The van der Waals surface area contributed by atoms with E-state index in [-0.39, 0.29) is 10.8 Å². The van der Waals surface area contributed by atoms with E-state index in [0.717, 1.165) is 32.5 Å². The summed E-state index contributed by atoms with van der Waals surface area (Å²) < 4.78 is 0. The number of piperidine rings is 1. The first-order valence-corrected chi connectivity index (χ1v) is 14.8. The van der Waals surface area contributed by atoms with Gasteiger partial charge in [-0.2, -0.15) is 0 Å². The highest BCUT2D eigenvalue weighted by Gasteiger charge is 2.40. The number of benzene rings is 2. The van der Waals surface area contributed by atoms with Gasteiger partial charge in [-0.1, -0.05) is 115 Å². The Morgan fingerprint density at radius 3 is 2.24 bits per heavy atom. The Bertz CT molecular complexity index is 1030. The van der Waals surface area contributed by atoms with Crippen LogP contribution in [0.15, 0.2) is 73.1 Å². The maximum atomic E-state index is 4.62. The van der Waals surface area contributed by atoms with Gasteiger partial charge in [0.05, 0.1) is 0 Å². The van der Waals surface area contributed by atoms with Crippen LogP contribution < -0.4 is 5.32 Å². The van der Waals surface area contributed by atoms with Crippen LogP contribution in [0, 0.1) is 11.3 Å². The molecule has 0 amide bonds. The second-order valence-corrected chi connectivity index (χ2v) is 12.9. The van der Waals surface area contributed by atoms with Crippen molar-refractivity contribution in [1.82, 2.24) is 10.2 Å². The fourth-order valence-corrected chi connectivity index (χ4v) is 6.72. The Morgan fingerprint density at radius 1 is 0.973 bits per heavy atom. The largest absolute Gasteiger partial charge is 0.387 e. The lowest BCUT2D eigenvalue weighted by atomic mass is 9.64. The van der Waals surface area contributed by atoms with Gasteiger partial charge in [-0.15, -0.1) is 0 Å². The van der Waals surface area contributed by atoms with Gasteiger partial charge >= 0.3 is 0 Å². The van der Waals surface area contributed by atoms with Crippen LogP contribution in [-0.4, -0.2) is 24.5 Å². The van der Waals surface area contributed by atoms with Crippen LogP contribution in [0.25, 0.3) is 0 Å². The molecule has 1 aliphatic carbocycles. The maximum absolute atomic E-state index is 4.62. The monoisotopic (exact) mass is 498 g/mol. The number of hydrogen-bond donors (Lipinski definition) is 1. The summed E-state index contributed by atoms with van der Waals surface area (Å²) in [7, 11) is 0. The first-order valence-electron chi connectivity index (χ1n) is 14.8. The molecule has 2 heteroatoms. The Morgan fingerprint density at radius 2 is 1.62 bits per heavy atom. The van der Waals surface area contributed by atoms with E-state index in [4.69, 9.17) is 0 Å². The third-order valence-corrected chi connectivity index (χ3v) is 8.62. The molecule has 1 aliphatic heterocycles. The number of fused-ring (bicyclic) bond motifs is 2. The molecule has 1 N–H and O–H groups in total. The van der Waals surface area contributed by atoms with Gasteiger partial charge in [0.2, 0.25) is 0 Å². The molecule has 0 spiro atoms. The van der Waals surface area contributed by atoms with Gasteiger partial charge in [0.1, 0.15) is 0 Å². The van der Waals surface area contributed by atoms with E-state index in [1.807, 2.05) is 0 Å². The van der Waals surface area contributed by atoms with Crippen molar-refractivity contribution in [3.8, 4) is 0 Å². The summed E-state index contributed by atoms with van der Waals surface area (Å²) >= 11 is 0. The van der Waals surface area contributed by atoms with Crippen molar-refractivity contribution in [3.05, 3.63) is 95.3 Å². The third kappa shape index (κ3) is 6.51. The Balaban J connectivity index is 1.55. The molecular formula is C35H50N2. The van der Waals surface area contributed by atoms with Gasteiger partial charge < -0.3 is 10.2 Å². The highest BCUT2D eigenvalue weighted by Crippen LogP contribution is 2.45. The molecule has 2 nitrogen and oxygen atoms in total. The van der Waals surface area contributed by atoms with Crippen molar-refractivity contribution < 1.29 is 0 Å².